The quantitative estimate of drug-likeness (QED) is 0.906. The fourth-order valence-electron chi connectivity index (χ4n) is 1.46. The van der Waals surface area contributed by atoms with Gasteiger partial charge in [-0.2, -0.15) is 5.10 Å². The van der Waals surface area contributed by atoms with Crippen LogP contribution in [0, 0.1) is 0 Å². The van der Waals surface area contributed by atoms with Gasteiger partial charge in [0.2, 0.25) is 0 Å². The molecule has 1 heterocycles. The van der Waals surface area contributed by atoms with E-state index in [2.05, 4.69) is 21.0 Å². The van der Waals surface area contributed by atoms with Crippen LogP contribution in [0.5, 0.6) is 0 Å². The third-order valence-corrected chi connectivity index (χ3v) is 2.98. The topological polar surface area (TPSA) is 43.8 Å². The van der Waals surface area contributed by atoms with Crippen LogP contribution >= 0.6 is 15.9 Å². The van der Waals surface area contributed by atoms with Gasteiger partial charge in [0.15, 0.2) is 5.67 Å². The molecule has 0 spiro atoms. The third-order valence-electron chi connectivity index (χ3n) is 2.40. The molecule has 0 bridgehead atoms. The zero-order chi connectivity index (χ0) is 10.8. The Labute approximate surface area is 91.6 Å². The highest BCUT2D eigenvalue weighted by molar-refractivity contribution is 9.10. The van der Waals surface area contributed by atoms with E-state index < -0.39 is 5.67 Å². The second-order valence-corrected chi connectivity index (χ2v) is 4.03. The number of aromatic nitrogens is 2. The van der Waals surface area contributed by atoms with Gasteiger partial charge in [-0.15, -0.1) is 0 Å². The molecule has 0 saturated carbocycles. The highest BCUT2D eigenvalue weighted by atomic mass is 79.9. The van der Waals surface area contributed by atoms with Crippen molar-refractivity contribution in [2.45, 2.75) is 32.5 Å². The van der Waals surface area contributed by atoms with Gasteiger partial charge in [-0.05, 0) is 29.3 Å². The Balaban J connectivity index is 3.20. The number of hydrogen-bond acceptors (Lipinski definition) is 2. The van der Waals surface area contributed by atoms with Crippen molar-refractivity contribution >= 4 is 15.9 Å². The zero-order valence-corrected chi connectivity index (χ0v) is 10.0. The second kappa shape index (κ2) is 4.40. The molecular formula is C9H15BrFN3. The van der Waals surface area contributed by atoms with Crippen molar-refractivity contribution in [3.63, 3.8) is 0 Å². The molecule has 80 valence electrons. The summed E-state index contributed by atoms with van der Waals surface area (Å²) in [7, 11) is 0. The number of alkyl halides is 1. The summed E-state index contributed by atoms with van der Waals surface area (Å²) in [6, 6.07) is 0. The molecule has 0 fully saturated rings. The van der Waals surface area contributed by atoms with E-state index in [4.69, 9.17) is 5.73 Å². The van der Waals surface area contributed by atoms with E-state index in [1.807, 2.05) is 6.92 Å². The number of aryl methyl sites for hydroxylation is 1. The van der Waals surface area contributed by atoms with E-state index in [-0.39, 0.29) is 6.54 Å². The molecule has 0 amide bonds. The maximum atomic E-state index is 14.3. The Morgan fingerprint density at radius 2 is 2.29 bits per heavy atom. The molecule has 5 heteroatoms. The van der Waals surface area contributed by atoms with Crippen molar-refractivity contribution in [3.8, 4) is 0 Å². The fourth-order valence-corrected chi connectivity index (χ4v) is 2.11. The van der Waals surface area contributed by atoms with Crippen LogP contribution in [-0.2, 0) is 12.2 Å². The van der Waals surface area contributed by atoms with E-state index in [0.29, 0.717) is 23.1 Å². The summed E-state index contributed by atoms with van der Waals surface area (Å²) in [5.41, 5.74) is 4.53. The molecule has 0 radical (unpaired) electrons. The average Bonchev–Trinajstić information content (AvgIpc) is 2.59. The van der Waals surface area contributed by atoms with Crippen molar-refractivity contribution in [3.05, 3.63) is 16.4 Å². The van der Waals surface area contributed by atoms with Crippen LogP contribution < -0.4 is 5.73 Å². The molecule has 1 aromatic heterocycles. The normalized spacial score (nSPS) is 15.5. The van der Waals surface area contributed by atoms with Crippen molar-refractivity contribution in [1.82, 2.24) is 9.78 Å². The maximum absolute atomic E-state index is 14.3. The number of rotatable bonds is 4. The predicted octanol–water partition coefficient (Wildman–Crippen LogP) is 2.20. The van der Waals surface area contributed by atoms with E-state index >= 15 is 0 Å². The summed E-state index contributed by atoms with van der Waals surface area (Å²) in [4.78, 5) is 0. The van der Waals surface area contributed by atoms with Crippen LogP contribution in [0.2, 0.25) is 0 Å². The molecule has 0 aromatic carbocycles. The summed E-state index contributed by atoms with van der Waals surface area (Å²) in [5, 5.41) is 4.07. The maximum Gasteiger partial charge on any atom is 0.165 e. The highest BCUT2D eigenvalue weighted by Gasteiger charge is 2.34. The molecule has 3 nitrogen and oxygen atoms in total. The third kappa shape index (κ3) is 1.83. The van der Waals surface area contributed by atoms with Gasteiger partial charge in [0.05, 0.1) is 16.4 Å². The Bertz CT molecular complexity index is 307. The van der Waals surface area contributed by atoms with E-state index in [1.54, 1.807) is 17.8 Å². The van der Waals surface area contributed by atoms with Gasteiger partial charge < -0.3 is 5.73 Å². The van der Waals surface area contributed by atoms with Crippen LogP contribution in [-0.4, -0.2) is 16.3 Å². The van der Waals surface area contributed by atoms with Gasteiger partial charge in [-0.25, -0.2) is 4.39 Å². The molecule has 0 aliphatic rings. The van der Waals surface area contributed by atoms with Crippen molar-refractivity contribution in [2.24, 2.45) is 5.73 Å². The lowest BCUT2D eigenvalue weighted by Gasteiger charge is -2.23. The number of hydrogen-bond donors (Lipinski definition) is 1. The predicted molar refractivity (Wildman–Crippen MR) is 57.7 cm³/mol. The standard InChI is InChI=1S/C9H15BrFN3/c1-3-9(11,6-12)8-7(10)5-13-14(8)4-2/h5H,3-4,6,12H2,1-2H3. The second-order valence-electron chi connectivity index (χ2n) is 3.18. The number of halogens is 2. The van der Waals surface area contributed by atoms with Crippen LogP contribution in [0.3, 0.4) is 0 Å². The zero-order valence-electron chi connectivity index (χ0n) is 8.43. The highest BCUT2D eigenvalue weighted by Crippen LogP contribution is 2.33. The molecule has 0 saturated heterocycles. The van der Waals surface area contributed by atoms with E-state index in [9.17, 15) is 4.39 Å². The monoisotopic (exact) mass is 263 g/mol. The molecule has 0 aliphatic heterocycles. The Morgan fingerprint density at radius 1 is 1.64 bits per heavy atom. The van der Waals surface area contributed by atoms with Crippen molar-refractivity contribution in [2.75, 3.05) is 6.54 Å². The number of nitrogens with zero attached hydrogens (tertiary/aromatic N) is 2. The van der Waals surface area contributed by atoms with Gasteiger partial charge in [-0.1, -0.05) is 6.92 Å². The largest absolute Gasteiger partial charge is 0.327 e. The summed E-state index contributed by atoms with van der Waals surface area (Å²) in [6.45, 7) is 4.34. The Hall–Kier alpha value is -0.420. The SMILES string of the molecule is CCn1ncc(Br)c1C(F)(CC)CN. The first-order valence-corrected chi connectivity index (χ1v) is 5.49. The Morgan fingerprint density at radius 3 is 2.71 bits per heavy atom. The molecule has 0 aliphatic carbocycles. The van der Waals surface area contributed by atoms with Gasteiger partial charge in [0.1, 0.15) is 0 Å². The van der Waals surface area contributed by atoms with Gasteiger partial charge in [0, 0.05) is 13.1 Å². The first kappa shape index (κ1) is 11.7. The minimum Gasteiger partial charge on any atom is -0.327 e. The lowest BCUT2D eigenvalue weighted by molar-refractivity contribution is 0.153. The van der Waals surface area contributed by atoms with Crippen molar-refractivity contribution in [1.29, 1.82) is 0 Å². The Kier molecular flexibility index (Phi) is 3.66. The minimum absolute atomic E-state index is 0.0200. The number of nitrogens with two attached hydrogens (primary N) is 1. The summed E-state index contributed by atoms with van der Waals surface area (Å²) in [5.74, 6) is 0. The van der Waals surface area contributed by atoms with E-state index in [1.165, 1.54) is 0 Å². The van der Waals surface area contributed by atoms with Gasteiger partial charge in [-0.3, -0.25) is 4.68 Å². The molecule has 1 rings (SSSR count). The van der Waals surface area contributed by atoms with Crippen LogP contribution in [0.1, 0.15) is 26.0 Å². The summed E-state index contributed by atoms with van der Waals surface area (Å²) >= 11 is 3.30. The van der Waals surface area contributed by atoms with Gasteiger partial charge >= 0.3 is 0 Å². The summed E-state index contributed by atoms with van der Waals surface area (Å²) in [6.07, 6.45) is 1.96. The fraction of sp³-hybridized carbons (Fsp3) is 0.667. The average molecular weight is 264 g/mol. The minimum atomic E-state index is -1.48. The molecule has 1 atom stereocenters. The molecule has 14 heavy (non-hydrogen) atoms. The lowest BCUT2D eigenvalue weighted by Crippen LogP contribution is -2.32. The first-order valence-electron chi connectivity index (χ1n) is 4.69. The molecule has 1 unspecified atom stereocenters. The van der Waals surface area contributed by atoms with E-state index in [0.717, 1.165) is 0 Å². The van der Waals surface area contributed by atoms with Gasteiger partial charge in [0.25, 0.3) is 0 Å². The molecular weight excluding hydrogens is 249 g/mol. The summed E-state index contributed by atoms with van der Waals surface area (Å²) < 4.78 is 16.6. The van der Waals surface area contributed by atoms with Crippen LogP contribution in [0.4, 0.5) is 4.39 Å². The molecule has 2 N–H and O–H groups in total. The first-order chi connectivity index (χ1) is 6.59. The van der Waals surface area contributed by atoms with Crippen LogP contribution in [0.15, 0.2) is 10.7 Å². The molecule has 1 aromatic rings. The lowest BCUT2D eigenvalue weighted by atomic mass is 9.99. The van der Waals surface area contributed by atoms with Crippen molar-refractivity contribution < 1.29 is 4.39 Å². The smallest absolute Gasteiger partial charge is 0.165 e. The van der Waals surface area contributed by atoms with Crippen LogP contribution in [0.25, 0.3) is 0 Å².